The van der Waals surface area contributed by atoms with Crippen molar-refractivity contribution in [3.63, 3.8) is 0 Å². The highest BCUT2D eigenvalue weighted by atomic mass is 32.1. The molecule has 0 aliphatic heterocycles. The molecular formula is C29H26N4O3S. The molecule has 7 nitrogen and oxygen atoms in total. The minimum absolute atomic E-state index is 0.107. The van der Waals surface area contributed by atoms with Crippen LogP contribution < -0.4 is 26.0 Å². The second-order valence-corrected chi connectivity index (χ2v) is 8.50. The van der Waals surface area contributed by atoms with Crippen molar-refractivity contribution >= 4 is 51.9 Å². The molecule has 4 aromatic rings. The fourth-order valence-corrected chi connectivity index (χ4v) is 3.79. The summed E-state index contributed by atoms with van der Waals surface area (Å²) in [4.78, 5) is 25.4. The summed E-state index contributed by atoms with van der Waals surface area (Å²) in [6.45, 7) is 0. The van der Waals surface area contributed by atoms with Crippen LogP contribution in [-0.4, -0.2) is 24.0 Å². The van der Waals surface area contributed by atoms with Crippen molar-refractivity contribution < 1.29 is 14.3 Å². The third-order valence-corrected chi connectivity index (χ3v) is 5.61. The van der Waals surface area contributed by atoms with Crippen molar-refractivity contribution in [2.75, 3.05) is 23.1 Å². The smallest absolute Gasteiger partial charge is 0.257 e. The van der Waals surface area contributed by atoms with E-state index in [1.54, 1.807) is 43.5 Å². The van der Waals surface area contributed by atoms with Gasteiger partial charge in [0.1, 0.15) is 5.75 Å². The van der Waals surface area contributed by atoms with Gasteiger partial charge in [0, 0.05) is 17.1 Å². The SMILES string of the molecule is COc1ccc(CC(=O)NC(=S)Nc2ccccc2C(=O)Nc2ccc(Nc3ccccc3)cc2)cc1. The summed E-state index contributed by atoms with van der Waals surface area (Å²) in [5, 5.41) is 11.9. The predicted molar refractivity (Wildman–Crippen MR) is 152 cm³/mol. The molecule has 4 N–H and O–H groups in total. The van der Waals surface area contributed by atoms with Crippen LogP contribution >= 0.6 is 12.2 Å². The van der Waals surface area contributed by atoms with Crippen LogP contribution in [0, 0.1) is 0 Å². The maximum absolute atomic E-state index is 13.0. The van der Waals surface area contributed by atoms with Crippen molar-refractivity contribution in [2.24, 2.45) is 0 Å². The Hall–Kier alpha value is -4.69. The van der Waals surface area contributed by atoms with Crippen molar-refractivity contribution in [1.82, 2.24) is 5.32 Å². The highest BCUT2D eigenvalue weighted by Crippen LogP contribution is 2.21. The molecule has 8 heteroatoms. The Morgan fingerprint density at radius 3 is 2.05 bits per heavy atom. The zero-order valence-corrected chi connectivity index (χ0v) is 21.0. The van der Waals surface area contributed by atoms with E-state index < -0.39 is 0 Å². The molecule has 0 aromatic heterocycles. The molecule has 37 heavy (non-hydrogen) atoms. The first-order valence-corrected chi connectivity index (χ1v) is 12.0. The van der Waals surface area contributed by atoms with Gasteiger partial charge in [0.15, 0.2) is 5.11 Å². The van der Waals surface area contributed by atoms with E-state index in [0.29, 0.717) is 16.9 Å². The highest BCUT2D eigenvalue weighted by molar-refractivity contribution is 7.80. The normalized spacial score (nSPS) is 10.2. The number of thiocarbonyl (C=S) groups is 1. The zero-order chi connectivity index (χ0) is 26.0. The highest BCUT2D eigenvalue weighted by Gasteiger charge is 2.14. The monoisotopic (exact) mass is 510 g/mol. The molecule has 0 atom stereocenters. The lowest BCUT2D eigenvalue weighted by atomic mass is 10.1. The second kappa shape index (κ2) is 12.3. The molecule has 0 aliphatic carbocycles. The fraction of sp³-hybridized carbons (Fsp3) is 0.0690. The number of hydrogen-bond donors (Lipinski definition) is 4. The molecule has 4 aromatic carbocycles. The van der Waals surface area contributed by atoms with Crippen LogP contribution in [0.5, 0.6) is 5.75 Å². The Balaban J connectivity index is 1.34. The van der Waals surface area contributed by atoms with Crippen LogP contribution in [0.2, 0.25) is 0 Å². The summed E-state index contributed by atoms with van der Waals surface area (Å²) in [6.07, 6.45) is 0.156. The average Bonchev–Trinajstić information content (AvgIpc) is 2.91. The average molecular weight is 511 g/mol. The lowest BCUT2D eigenvalue weighted by Gasteiger charge is -2.14. The number of nitrogens with one attached hydrogen (secondary N) is 4. The minimum atomic E-state index is -0.306. The van der Waals surface area contributed by atoms with Gasteiger partial charge in [0.2, 0.25) is 5.91 Å². The molecule has 0 heterocycles. The van der Waals surface area contributed by atoms with Crippen LogP contribution in [0.25, 0.3) is 0 Å². The van der Waals surface area contributed by atoms with E-state index in [2.05, 4.69) is 21.3 Å². The van der Waals surface area contributed by atoms with E-state index in [1.807, 2.05) is 66.7 Å². The lowest BCUT2D eigenvalue weighted by Crippen LogP contribution is -2.35. The van der Waals surface area contributed by atoms with Crippen LogP contribution in [0.3, 0.4) is 0 Å². The van der Waals surface area contributed by atoms with Gasteiger partial charge in [-0.25, -0.2) is 0 Å². The summed E-state index contributed by atoms with van der Waals surface area (Å²) in [7, 11) is 1.59. The first-order valence-electron chi connectivity index (χ1n) is 11.6. The number of amides is 2. The van der Waals surface area contributed by atoms with Gasteiger partial charge in [-0.3, -0.25) is 9.59 Å². The minimum Gasteiger partial charge on any atom is -0.497 e. The van der Waals surface area contributed by atoms with E-state index in [-0.39, 0.29) is 23.3 Å². The third-order valence-electron chi connectivity index (χ3n) is 5.40. The van der Waals surface area contributed by atoms with Crippen LogP contribution in [0.1, 0.15) is 15.9 Å². The zero-order valence-electron chi connectivity index (χ0n) is 20.2. The Morgan fingerprint density at radius 1 is 0.730 bits per heavy atom. The first-order chi connectivity index (χ1) is 18.0. The van der Waals surface area contributed by atoms with E-state index in [4.69, 9.17) is 17.0 Å². The number of rotatable bonds is 8. The molecule has 0 saturated carbocycles. The van der Waals surface area contributed by atoms with Gasteiger partial charge in [-0.2, -0.15) is 0 Å². The number of ether oxygens (including phenoxy) is 1. The van der Waals surface area contributed by atoms with Crippen molar-refractivity contribution in [1.29, 1.82) is 0 Å². The number of anilines is 4. The van der Waals surface area contributed by atoms with E-state index >= 15 is 0 Å². The number of carbonyl (C=O) groups is 2. The number of para-hydroxylation sites is 2. The molecular weight excluding hydrogens is 484 g/mol. The van der Waals surface area contributed by atoms with Crippen molar-refractivity contribution in [2.45, 2.75) is 6.42 Å². The summed E-state index contributed by atoms with van der Waals surface area (Å²) >= 11 is 5.31. The molecule has 0 saturated heterocycles. The number of hydrogen-bond acceptors (Lipinski definition) is 5. The predicted octanol–water partition coefficient (Wildman–Crippen LogP) is 5.75. The summed E-state index contributed by atoms with van der Waals surface area (Å²) in [5.74, 6) is 0.143. The van der Waals surface area contributed by atoms with Gasteiger partial charge in [-0.15, -0.1) is 0 Å². The summed E-state index contributed by atoms with van der Waals surface area (Å²) in [5.41, 5.74) is 4.23. The first kappa shape index (κ1) is 25.4. The maximum atomic E-state index is 13.0. The molecule has 4 rings (SSSR count). The van der Waals surface area contributed by atoms with Gasteiger partial charge in [0.25, 0.3) is 5.91 Å². The van der Waals surface area contributed by atoms with Crippen LogP contribution in [0.15, 0.2) is 103 Å². The van der Waals surface area contributed by atoms with Crippen molar-refractivity contribution in [3.05, 3.63) is 114 Å². The van der Waals surface area contributed by atoms with Gasteiger partial charge in [-0.05, 0) is 78.4 Å². The van der Waals surface area contributed by atoms with Gasteiger partial charge < -0.3 is 26.0 Å². The standard InChI is InChI=1S/C29H26N4O3S/c1-36-24-17-11-20(12-18-24)19-27(34)33-29(37)32-26-10-6-5-9-25(26)28(35)31-23-15-13-22(14-16-23)30-21-7-3-2-4-8-21/h2-18,30H,19H2,1H3,(H,31,35)(H2,32,33,34,37). The largest absolute Gasteiger partial charge is 0.497 e. The third kappa shape index (κ3) is 7.39. The fourth-order valence-electron chi connectivity index (χ4n) is 3.57. The summed E-state index contributed by atoms with van der Waals surface area (Å²) < 4.78 is 5.13. The molecule has 0 bridgehead atoms. The molecule has 0 aliphatic rings. The Bertz CT molecular complexity index is 1370. The molecule has 0 fully saturated rings. The van der Waals surface area contributed by atoms with Gasteiger partial charge in [-0.1, -0.05) is 42.5 Å². The van der Waals surface area contributed by atoms with E-state index in [9.17, 15) is 9.59 Å². The van der Waals surface area contributed by atoms with Crippen LogP contribution in [0.4, 0.5) is 22.7 Å². The molecule has 0 unspecified atom stereocenters. The number of carbonyl (C=O) groups excluding carboxylic acids is 2. The topological polar surface area (TPSA) is 91.5 Å². The van der Waals surface area contributed by atoms with Crippen LogP contribution in [-0.2, 0) is 11.2 Å². The van der Waals surface area contributed by atoms with Gasteiger partial charge >= 0.3 is 0 Å². The summed E-state index contributed by atoms with van der Waals surface area (Å²) in [6, 6.07) is 31.4. The van der Waals surface area contributed by atoms with Crippen molar-refractivity contribution in [3.8, 4) is 5.75 Å². The Labute approximate surface area is 220 Å². The number of methoxy groups -OCH3 is 1. The number of benzene rings is 4. The maximum Gasteiger partial charge on any atom is 0.257 e. The van der Waals surface area contributed by atoms with E-state index in [1.165, 1.54) is 0 Å². The molecule has 0 radical (unpaired) electrons. The Kier molecular flexibility index (Phi) is 8.46. The molecule has 2 amide bonds. The molecule has 0 spiro atoms. The van der Waals surface area contributed by atoms with Gasteiger partial charge in [0.05, 0.1) is 24.8 Å². The molecule has 186 valence electrons. The second-order valence-electron chi connectivity index (χ2n) is 8.10. The Morgan fingerprint density at radius 2 is 1.35 bits per heavy atom. The van der Waals surface area contributed by atoms with E-state index in [0.717, 1.165) is 22.7 Å². The lowest BCUT2D eigenvalue weighted by molar-refractivity contribution is -0.119. The quantitative estimate of drug-likeness (QED) is 0.226.